The van der Waals surface area contributed by atoms with Crippen LogP contribution in [0, 0.1) is 0 Å². The number of morpholine rings is 1. The van der Waals surface area contributed by atoms with Gasteiger partial charge in [-0.3, -0.25) is 9.89 Å². The first kappa shape index (κ1) is 23.9. The third kappa shape index (κ3) is 7.15. The average molecular weight is 506 g/mol. The smallest absolute Gasteiger partial charge is 0.191 e. The van der Waals surface area contributed by atoms with Gasteiger partial charge in [-0.15, -0.1) is 24.0 Å². The molecule has 0 aromatic rings. The first-order chi connectivity index (χ1) is 13.3. The molecule has 2 aliphatic heterocycles. The summed E-state index contributed by atoms with van der Waals surface area (Å²) in [5.41, 5.74) is 1.73. The predicted octanol–water partition coefficient (Wildman–Crippen LogP) is 2.93. The van der Waals surface area contributed by atoms with E-state index in [2.05, 4.69) is 28.5 Å². The zero-order chi connectivity index (χ0) is 18.8. The third-order valence-electron chi connectivity index (χ3n) is 6.14. The van der Waals surface area contributed by atoms with Gasteiger partial charge < -0.3 is 20.1 Å². The van der Waals surface area contributed by atoms with E-state index in [0.717, 1.165) is 78.0 Å². The molecule has 0 spiro atoms. The third-order valence-corrected chi connectivity index (χ3v) is 6.14. The fourth-order valence-corrected chi connectivity index (χ4v) is 4.52. The second-order valence-corrected chi connectivity index (χ2v) is 7.94. The largest absolute Gasteiger partial charge is 0.379 e. The molecule has 28 heavy (non-hydrogen) atoms. The monoisotopic (exact) mass is 506 g/mol. The van der Waals surface area contributed by atoms with Crippen molar-refractivity contribution in [1.29, 1.82) is 0 Å². The van der Waals surface area contributed by atoms with Crippen molar-refractivity contribution in [2.75, 3.05) is 59.2 Å². The molecule has 162 valence electrons. The first-order valence-corrected chi connectivity index (χ1v) is 10.9. The summed E-state index contributed by atoms with van der Waals surface area (Å²) in [4.78, 5) is 7.70. The molecule has 1 saturated carbocycles. The maximum atomic E-state index is 5.59. The molecule has 1 saturated heterocycles. The average Bonchev–Trinajstić information content (AvgIpc) is 2.74. The van der Waals surface area contributed by atoms with Crippen molar-refractivity contribution in [2.24, 2.45) is 4.99 Å². The zero-order valence-corrected chi connectivity index (χ0v) is 19.8. The summed E-state index contributed by atoms with van der Waals surface area (Å²) in [6, 6.07) is 0. The van der Waals surface area contributed by atoms with Gasteiger partial charge in [0.15, 0.2) is 5.96 Å². The predicted molar refractivity (Wildman–Crippen MR) is 126 cm³/mol. The molecule has 0 amide bonds. The van der Waals surface area contributed by atoms with Crippen molar-refractivity contribution in [2.45, 2.75) is 57.4 Å². The van der Waals surface area contributed by atoms with Gasteiger partial charge in [0.05, 0.1) is 33.0 Å². The highest BCUT2D eigenvalue weighted by Gasteiger charge is 2.38. The van der Waals surface area contributed by atoms with Crippen molar-refractivity contribution in [3.05, 3.63) is 11.6 Å². The summed E-state index contributed by atoms with van der Waals surface area (Å²) < 4.78 is 11.0. The Balaban J connectivity index is 0.00000280. The van der Waals surface area contributed by atoms with Crippen molar-refractivity contribution < 1.29 is 9.47 Å². The second kappa shape index (κ2) is 13.0. The maximum Gasteiger partial charge on any atom is 0.191 e. The minimum atomic E-state index is 0. The van der Waals surface area contributed by atoms with E-state index in [1.165, 1.54) is 37.7 Å². The summed E-state index contributed by atoms with van der Waals surface area (Å²) in [5.74, 6) is 0.961. The molecule has 0 radical (unpaired) electrons. The van der Waals surface area contributed by atoms with Crippen molar-refractivity contribution in [1.82, 2.24) is 15.5 Å². The lowest BCUT2D eigenvalue weighted by Gasteiger charge is -2.47. The molecule has 1 aliphatic carbocycles. The minimum Gasteiger partial charge on any atom is -0.379 e. The van der Waals surface area contributed by atoms with E-state index in [9.17, 15) is 0 Å². The number of rotatable bonds is 7. The molecular formula is C21H39IN4O2. The molecule has 0 aromatic heterocycles. The van der Waals surface area contributed by atoms with Crippen LogP contribution >= 0.6 is 24.0 Å². The van der Waals surface area contributed by atoms with E-state index in [4.69, 9.17) is 14.5 Å². The van der Waals surface area contributed by atoms with E-state index >= 15 is 0 Å². The first-order valence-electron chi connectivity index (χ1n) is 10.9. The Morgan fingerprint density at radius 2 is 1.89 bits per heavy atom. The number of aliphatic imine (C=N–C) groups is 1. The molecule has 7 heteroatoms. The standard InChI is InChI=1S/C21H38N4O2.HI/c1-2-22-20(23-11-6-19-7-14-26-15-8-19)24-18-21(9-4-3-5-10-21)25-12-16-27-17-13-25;/h7H,2-6,8-18H2,1H3,(H2,22,23,24);1H. The lowest BCUT2D eigenvalue weighted by atomic mass is 9.80. The van der Waals surface area contributed by atoms with E-state index in [-0.39, 0.29) is 29.5 Å². The van der Waals surface area contributed by atoms with Crippen LogP contribution in [0.15, 0.2) is 16.6 Å². The molecule has 0 unspecified atom stereocenters. The Hall–Kier alpha value is -0.380. The molecule has 2 N–H and O–H groups in total. The SMILES string of the molecule is CCNC(=NCC1(N2CCOCC2)CCCCC1)NCCC1=CCOCC1.I. The highest BCUT2D eigenvalue weighted by atomic mass is 127. The minimum absolute atomic E-state index is 0. The Morgan fingerprint density at radius 3 is 2.57 bits per heavy atom. The highest BCUT2D eigenvalue weighted by molar-refractivity contribution is 14.0. The van der Waals surface area contributed by atoms with Gasteiger partial charge in [0.25, 0.3) is 0 Å². The number of nitrogens with one attached hydrogen (secondary N) is 2. The number of hydrogen-bond donors (Lipinski definition) is 2. The van der Waals surface area contributed by atoms with Gasteiger partial charge in [-0.2, -0.15) is 0 Å². The Bertz CT molecular complexity index is 501. The van der Waals surface area contributed by atoms with Crippen LogP contribution in [0.25, 0.3) is 0 Å². The molecule has 2 heterocycles. The normalized spacial score (nSPS) is 23.5. The molecule has 3 rings (SSSR count). The summed E-state index contributed by atoms with van der Waals surface area (Å²) >= 11 is 0. The summed E-state index contributed by atoms with van der Waals surface area (Å²) in [5, 5.41) is 6.97. The molecule has 0 aromatic carbocycles. The van der Waals surface area contributed by atoms with Gasteiger partial charge in [0.1, 0.15) is 0 Å². The maximum absolute atomic E-state index is 5.59. The van der Waals surface area contributed by atoms with E-state index in [1.54, 1.807) is 0 Å². The zero-order valence-electron chi connectivity index (χ0n) is 17.5. The van der Waals surface area contributed by atoms with Crippen LogP contribution < -0.4 is 10.6 Å². The van der Waals surface area contributed by atoms with Crippen LogP contribution in [0.4, 0.5) is 0 Å². The molecular weight excluding hydrogens is 467 g/mol. The highest BCUT2D eigenvalue weighted by Crippen LogP contribution is 2.34. The summed E-state index contributed by atoms with van der Waals surface area (Å²) in [6.45, 7) is 10.3. The van der Waals surface area contributed by atoms with Crippen LogP contribution in [0.2, 0.25) is 0 Å². The Labute approximate surface area is 187 Å². The number of hydrogen-bond acceptors (Lipinski definition) is 4. The van der Waals surface area contributed by atoms with E-state index in [1.807, 2.05) is 0 Å². The Morgan fingerprint density at radius 1 is 1.11 bits per heavy atom. The summed E-state index contributed by atoms with van der Waals surface area (Å²) in [6.07, 6.45) is 10.9. The molecule has 0 atom stereocenters. The van der Waals surface area contributed by atoms with Gasteiger partial charge in [0.2, 0.25) is 0 Å². The number of guanidine groups is 1. The topological polar surface area (TPSA) is 58.1 Å². The van der Waals surface area contributed by atoms with Crippen LogP contribution in [-0.4, -0.2) is 75.5 Å². The quantitative estimate of drug-likeness (QED) is 0.241. The van der Waals surface area contributed by atoms with E-state index < -0.39 is 0 Å². The molecule has 3 aliphatic rings. The second-order valence-electron chi connectivity index (χ2n) is 7.94. The number of nitrogens with zero attached hydrogens (tertiary/aromatic N) is 2. The van der Waals surface area contributed by atoms with Gasteiger partial charge in [0, 0.05) is 31.7 Å². The number of ether oxygens (including phenoxy) is 2. The molecule has 0 bridgehead atoms. The fraction of sp³-hybridized carbons (Fsp3) is 0.857. The van der Waals surface area contributed by atoms with Gasteiger partial charge in [-0.1, -0.05) is 30.9 Å². The van der Waals surface area contributed by atoms with Crippen LogP contribution in [0.5, 0.6) is 0 Å². The van der Waals surface area contributed by atoms with Crippen molar-refractivity contribution >= 4 is 29.9 Å². The number of halogens is 1. The lowest BCUT2D eigenvalue weighted by Crippen LogP contribution is -2.56. The van der Waals surface area contributed by atoms with Crippen molar-refractivity contribution in [3.8, 4) is 0 Å². The molecule has 6 nitrogen and oxygen atoms in total. The van der Waals surface area contributed by atoms with Crippen LogP contribution in [0.1, 0.15) is 51.9 Å². The summed E-state index contributed by atoms with van der Waals surface area (Å²) in [7, 11) is 0. The Kier molecular flexibility index (Phi) is 11.1. The molecule has 2 fully saturated rings. The van der Waals surface area contributed by atoms with Gasteiger partial charge in [-0.25, -0.2) is 0 Å². The van der Waals surface area contributed by atoms with Crippen LogP contribution in [-0.2, 0) is 9.47 Å². The van der Waals surface area contributed by atoms with Gasteiger partial charge in [-0.05, 0) is 32.6 Å². The van der Waals surface area contributed by atoms with Crippen molar-refractivity contribution in [3.63, 3.8) is 0 Å². The van der Waals surface area contributed by atoms with Gasteiger partial charge >= 0.3 is 0 Å². The lowest BCUT2D eigenvalue weighted by molar-refractivity contribution is -0.0333. The van der Waals surface area contributed by atoms with E-state index in [0.29, 0.717) is 0 Å². The fourth-order valence-electron chi connectivity index (χ4n) is 4.52. The van der Waals surface area contributed by atoms with Crippen LogP contribution in [0.3, 0.4) is 0 Å².